The van der Waals surface area contributed by atoms with Gasteiger partial charge in [-0.05, 0) is 46.8 Å². The van der Waals surface area contributed by atoms with E-state index < -0.39 is 0 Å². The summed E-state index contributed by atoms with van der Waals surface area (Å²) in [5, 5.41) is 3.37. The van der Waals surface area contributed by atoms with Gasteiger partial charge in [-0.1, -0.05) is 0 Å². The van der Waals surface area contributed by atoms with E-state index in [2.05, 4.69) is 43.3 Å². The Balaban J connectivity index is 0.00000220. The molecule has 2 rings (SSSR count). The summed E-state index contributed by atoms with van der Waals surface area (Å²) in [5.74, 6) is 1.74. The van der Waals surface area contributed by atoms with E-state index in [4.69, 9.17) is 4.74 Å². The van der Waals surface area contributed by atoms with Gasteiger partial charge in [-0.25, -0.2) is 0 Å². The van der Waals surface area contributed by atoms with Crippen molar-refractivity contribution in [2.24, 2.45) is 10.9 Å². The SMILES string of the molecule is CN=C(NCc1ccc(Br)s1)N(C)CCOCC1CC1.I. The van der Waals surface area contributed by atoms with Crippen molar-refractivity contribution in [2.45, 2.75) is 19.4 Å². The summed E-state index contributed by atoms with van der Waals surface area (Å²) in [7, 11) is 3.86. The molecular weight excluding hydrogens is 465 g/mol. The van der Waals surface area contributed by atoms with Gasteiger partial charge in [-0.15, -0.1) is 35.3 Å². The highest BCUT2D eigenvalue weighted by atomic mass is 127. The van der Waals surface area contributed by atoms with Crippen LogP contribution in [0.25, 0.3) is 0 Å². The van der Waals surface area contributed by atoms with E-state index >= 15 is 0 Å². The van der Waals surface area contributed by atoms with Gasteiger partial charge >= 0.3 is 0 Å². The summed E-state index contributed by atoms with van der Waals surface area (Å²) in [4.78, 5) is 7.70. The first-order chi connectivity index (χ1) is 9.69. The van der Waals surface area contributed by atoms with Crippen molar-refractivity contribution in [3.63, 3.8) is 0 Å². The second kappa shape index (κ2) is 10.0. The van der Waals surface area contributed by atoms with E-state index in [-0.39, 0.29) is 24.0 Å². The van der Waals surface area contributed by atoms with Gasteiger partial charge in [0.05, 0.1) is 16.9 Å². The molecule has 1 heterocycles. The number of hydrogen-bond acceptors (Lipinski definition) is 3. The van der Waals surface area contributed by atoms with E-state index in [1.54, 1.807) is 11.3 Å². The molecule has 4 nitrogen and oxygen atoms in total. The number of aliphatic imine (C=N–C) groups is 1. The third-order valence-corrected chi connectivity index (χ3v) is 4.87. The van der Waals surface area contributed by atoms with Crippen LogP contribution in [0.2, 0.25) is 0 Å². The minimum Gasteiger partial charge on any atom is -0.379 e. The molecule has 1 fully saturated rings. The van der Waals surface area contributed by atoms with Crippen molar-refractivity contribution in [3.05, 3.63) is 20.8 Å². The third kappa shape index (κ3) is 7.30. The lowest BCUT2D eigenvalue weighted by molar-refractivity contribution is 0.115. The first kappa shape index (κ1) is 19.2. The smallest absolute Gasteiger partial charge is 0.193 e. The average Bonchev–Trinajstić information content (AvgIpc) is 3.17. The Morgan fingerprint density at radius 3 is 2.86 bits per heavy atom. The van der Waals surface area contributed by atoms with Crippen molar-refractivity contribution in [2.75, 3.05) is 33.9 Å². The van der Waals surface area contributed by atoms with Crippen molar-refractivity contribution < 1.29 is 4.74 Å². The molecule has 0 unspecified atom stereocenters. The Bertz CT molecular complexity index is 451. The lowest BCUT2D eigenvalue weighted by atomic mass is 10.4. The minimum atomic E-state index is 0. The van der Waals surface area contributed by atoms with Crippen LogP contribution in [-0.4, -0.2) is 44.7 Å². The molecule has 0 saturated heterocycles. The molecule has 1 aromatic rings. The Morgan fingerprint density at radius 2 is 2.29 bits per heavy atom. The molecule has 0 bridgehead atoms. The van der Waals surface area contributed by atoms with Gasteiger partial charge in [0.1, 0.15) is 0 Å². The van der Waals surface area contributed by atoms with Crippen molar-refractivity contribution in [3.8, 4) is 0 Å². The highest BCUT2D eigenvalue weighted by Crippen LogP contribution is 2.28. The summed E-state index contributed by atoms with van der Waals surface area (Å²) >= 11 is 5.22. The fourth-order valence-corrected chi connectivity index (χ4v) is 3.26. The lowest BCUT2D eigenvalue weighted by Crippen LogP contribution is -2.40. The van der Waals surface area contributed by atoms with Crippen LogP contribution in [0.4, 0.5) is 0 Å². The maximum atomic E-state index is 5.66. The summed E-state index contributed by atoms with van der Waals surface area (Å²) < 4.78 is 6.82. The van der Waals surface area contributed by atoms with Gasteiger partial charge in [-0.3, -0.25) is 4.99 Å². The van der Waals surface area contributed by atoms with E-state index in [0.29, 0.717) is 0 Å². The number of ether oxygens (including phenoxy) is 1. The topological polar surface area (TPSA) is 36.9 Å². The Labute approximate surface area is 156 Å². The van der Waals surface area contributed by atoms with Crippen LogP contribution in [0.15, 0.2) is 20.9 Å². The maximum Gasteiger partial charge on any atom is 0.193 e. The van der Waals surface area contributed by atoms with Crippen LogP contribution in [0.1, 0.15) is 17.7 Å². The molecule has 1 aliphatic rings. The standard InChI is InChI=1S/C14H22BrN3OS.HI/c1-16-14(17-9-12-5-6-13(15)20-12)18(2)7-8-19-10-11-3-4-11;/h5-6,11H,3-4,7-10H2,1-2H3,(H,16,17);1H. The molecule has 0 amide bonds. The zero-order valence-electron chi connectivity index (χ0n) is 12.5. The van der Waals surface area contributed by atoms with Gasteiger partial charge < -0.3 is 15.0 Å². The molecule has 21 heavy (non-hydrogen) atoms. The monoisotopic (exact) mass is 487 g/mol. The number of nitrogens with zero attached hydrogens (tertiary/aromatic N) is 2. The van der Waals surface area contributed by atoms with Gasteiger partial charge in [0.2, 0.25) is 0 Å². The Hall–Kier alpha value is 0.140. The molecular formula is C14H23BrIN3OS. The van der Waals surface area contributed by atoms with Gasteiger partial charge in [0.15, 0.2) is 5.96 Å². The summed E-state index contributed by atoms with van der Waals surface area (Å²) in [6.07, 6.45) is 2.69. The van der Waals surface area contributed by atoms with Crippen LogP contribution in [-0.2, 0) is 11.3 Å². The molecule has 1 N–H and O–H groups in total. The van der Waals surface area contributed by atoms with Crippen LogP contribution in [0.3, 0.4) is 0 Å². The van der Waals surface area contributed by atoms with E-state index in [1.165, 1.54) is 17.7 Å². The highest BCUT2D eigenvalue weighted by Gasteiger charge is 2.21. The van der Waals surface area contributed by atoms with Gasteiger partial charge in [0.25, 0.3) is 0 Å². The number of rotatable bonds is 7. The van der Waals surface area contributed by atoms with Crippen molar-refractivity contribution in [1.29, 1.82) is 0 Å². The van der Waals surface area contributed by atoms with E-state index in [0.717, 1.165) is 42.0 Å². The van der Waals surface area contributed by atoms with Gasteiger partial charge in [0, 0.05) is 32.1 Å². The maximum absolute atomic E-state index is 5.66. The zero-order chi connectivity index (χ0) is 14.4. The number of nitrogens with one attached hydrogen (secondary N) is 1. The Kier molecular flexibility index (Phi) is 9.15. The van der Waals surface area contributed by atoms with Gasteiger partial charge in [-0.2, -0.15) is 0 Å². The summed E-state index contributed by atoms with van der Waals surface area (Å²) in [5.41, 5.74) is 0. The van der Waals surface area contributed by atoms with Crippen molar-refractivity contribution in [1.82, 2.24) is 10.2 Å². The minimum absolute atomic E-state index is 0. The number of thiophene rings is 1. The van der Waals surface area contributed by atoms with Crippen LogP contribution in [0, 0.1) is 5.92 Å². The molecule has 0 atom stereocenters. The first-order valence-electron chi connectivity index (χ1n) is 6.92. The van der Waals surface area contributed by atoms with E-state index in [9.17, 15) is 0 Å². The van der Waals surface area contributed by atoms with Crippen molar-refractivity contribution >= 4 is 57.2 Å². The molecule has 1 aromatic heterocycles. The lowest BCUT2D eigenvalue weighted by Gasteiger charge is -2.21. The fraction of sp³-hybridized carbons (Fsp3) is 0.643. The van der Waals surface area contributed by atoms with Crippen LogP contribution >= 0.6 is 51.2 Å². The van der Waals surface area contributed by atoms with Crippen LogP contribution in [0.5, 0.6) is 0 Å². The molecule has 120 valence electrons. The molecule has 0 aliphatic heterocycles. The quantitative estimate of drug-likeness (QED) is 0.276. The average molecular weight is 488 g/mol. The second-order valence-corrected chi connectivity index (χ2v) is 7.59. The van der Waals surface area contributed by atoms with E-state index in [1.807, 2.05) is 14.1 Å². The normalized spacial score (nSPS) is 14.7. The summed E-state index contributed by atoms with van der Waals surface area (Å²) in [6.45, 7) is 3.35. The number of hydrogen-bond donors (Lipinski definition) is 1. The molecule has 0 spiro atoms. The molecule has 1 saturated carbocycles. The second-order valence-electron chi connectivity index (χ2n) is 5.05. The largest absolute Gasteiger partial charge is 0.379 e. The molecule has 0 aromatic carbocycles. The number of guanidine groups is 1. The number of halogens is 2. The predicted octanol–water partition coefficient (Wildman–Crippen LogP) is 3.56. The fourth-order valence-electron chi connectivity index (χ4n) is 1.84. The predicted molar refractivity (Wildman–Crippen MR) is 104 cm³/mol. The zero-order valence-corrected chi connectivity index (χ0v) is 17.2. The molecule has 7 heteroatoms. The highest BCUT2D eigenvalue weighted by molar-refractivity contribution is 14.0. The number of likely N-dealkylation sites (N-methyl/N-ethyl adjacent to an activating group) is 1. The summed E-state index contributed by atoms with van der Waals surface area (Å²) in [6, 6.07) is 4.19. The molecule has 0 radical (unpaired) electrons. The Morgan fingerprint density at radius 1 is 1.52 bits per heavy atom. The van der Waals surface area contributed by atoms with Crippen LogP contribution < -0.4 is 5.32 Å². The first-order valence-corrected chi connectivity index (χ1v) is 8.53. The third-order valence-electron chi connectivity index (χ3n) is 3.24. The molecule has 1 aliphatic carbocycles.